The van der Waals surface area contributed by atoms with Gasteiger partial charge in [0.25, 0.3) is 5.91 Å². The Kier molecular flexibility index (Phi) is 3.14. The normalized spacial score (nSPS) is 24.0. The molecule has 0 aliphatic carbocycles. The molecule has 1 fully saturated rings. The lowest BCUT2D eigenvalue weighted by Crippen LogP contribution is -2.34. The number of hydrogen-bond donors (Lipinski definition) is 1. The highest BCUT2D eigenvalue weighted by Gasteiger charge is 2.42. The highest BCUT2D eigenvalue weighted by Crippen LogP contribution is 2.32. The van der Waals surface area contributed by atoms with Crippen molar-refractivity contribution in [3.8, 4) is 0 Å². The summed E-state index contributed by atoms with van der Waals surface area (Å²) in [4.78, 5) is 25.3. The molecular formula is C11H12ClNO3S. The molecule has 1 saturated heterocycles. The van der Waals surface area contributed by atoms with E-state index >= 15 is 0 Å². The summed E-state index contributed by atoms with van der Waals surface area (Å²) in [6.07, 6.45) is 0.493. The number of thiophene rings is 1. The first-order valence-electron chi connectivity index (χ1n) is 5.20. The van der Waals surface area contributed by atoms with Gasteiger partial charge in [0.05, 0.1) is 14.6 Å². The Labute approximate surface area is 108 Å². The molecule has 1 amide bonds. The van der Waals surface area contributed by atoms with Crippen molar-refractivity contribution in [3.05, 3.63) is 21.3 Å². The first kappa shape index (κ1) is 12.4. The Balaban J connectivity index is 2.11. The fourth-order valence-corrected chi connectivity index (χ4v) is 2.91. The SMILES string of the molecule is C[C@@]1(C(=O)O)CCN(C(=O)c2ccc(Cl)s2)C1. The predicted molar refractivity (Wildman–Crippen MR) is 65.6 cm³/mol. The third kappa shape index (κ3) is 2.30. The molecule has 1 aromatic heterocycles. The number of nitrogens with zero attached hydrogens (tertiary/aromatic N) is 1. The Bertz CT molecular complexity index is 473. The summed E-state index contributed by atoms with van der Waals surface area (Å²) in [6, 6.07) is 3.34. The van der Waals surface area contributed by atoms with Gasteiger partial charge in [0.2, 0.25) is 0 Å². The molecule has 1 aliphatic rings. The highest BCUT2D eigenvalue weighted by molar-refractivity contribution is 7.17. The van der Waals surface area contributed by atoms with Crippen LogP contribution in [-0.2, 0) is 4.79 Å². The molecule has 2 rings (SSSR count). The van der Waals surface area contributed by atoms with Gasteiger partial charge in [-0.2, -0.15) is 0 Å². The summed E-state index contributed by atoms with van der Waals surface area (Å²) in [7, 11) is 0. The second-order valence-electron chi connectivity index (χ2n) is 4.45. The van der Waals surface area contributed by atoms with E-state index in [1.165, 1.54) is 11.3 Å². The summed E-state index contributed by atoms with van der Waals surface area (Å²) in [5.41, 5.74) is -0.823. The second kappa shape index (κ2) is 4.31. The number of likely N-dealkylation sites (tertiary alicyclic amines) is 1. The topological polar surface area (TPSA) is 57.6 Å². The van der Waals surface area contributed by atoms with Gasteiger partial charge < -0.3 is 10.0 Å². The van der Waals surface area contributed by atoms with Gasteiger partial charge in [-0.1, -0.05) is 11.6 Å². The van der Waals surface area contributed by atoms with Crippen LogP contribution in [0.2, 0.25) is 4.34 Å². The summed E-state index contributed by atoms with van der Waals surface area (Å²) in [5.74, 6) is -0.983. The van der Waals surface area contributed by atoms with Crippen LogP contribution in [0.25, 0.3) is 0 Å². The van der Waals surface area contributed by atoms with Crippen molar-refractivity contribution < 1.29 is 14.7 Å². The molecule has 17 heavy (non-hydrogen) atoms. The zero-order valence-electron chi connectivity index (χ0n) is 9.27. The van der Waals surface area contributed by atoms with Crippen LogP contribution in [0.1, 0.15) is 23.0 Å². The molecule has 6 heteroatoms. The molecular weight excluding hydrogens is 262 g/mol. The maximum Gasteiger partial charge on any atom is 0.311 e. The van der Waals surface area contributed by atoms with Crippen molar-refractivity contribution in [1.29, 1.82) is 0 Å². The van der Waals surface area contributed by atoms with E-state index in [1.54, 1.807) is 24.0 Å². The molecule has 1 atom stereocenters. The molecule has 1 N–H and O–H groups in total. The number of hydrogen-bond acceptors (Lipinski definition) is 3. The maximum absolute atomic E-state index is 12.1. The number of aliphatic carboxylic acids is 1. The van der Waals surface area contributed by atoms with Crippen LogP contribution in [0.4, 0.5) is 0 Å². The van der Waals surface area contributed by atoms with E-state index in [0.717, 1.165) is 0 Å². The number of carbonyl (C=O) groups is 2. The summed E-state index contributed by atoms with van der Waals surface area (Å²) < 4.78 is 0.563. The summed E-state index contributed by atoms with van der Waals surface area (Å²) in [6.45, 7) is 2.41. The number of carboxylic acid groups (broad SMARTS) is 1. The van der Waals surface area contributed by atoms with E-state index in [0.29, 0.717) is 22.2 Å². The van der Waals surface area contributed by atoms with E-state index in [2.05, 4.69) is 0 Å². The van der Waals surface area contributed by atoms with Crippen LogP contribution in [0.3, 0.4) is 0 Å². The lowest BCUT2D eigenvalue weighted by molar-refractivity contribution is -0.147. The van der Waals surface area contributed by atoms with E-state index in [1.807, 2.05) is 0 Å². The molecule has 92 valence electrons. The number of amides is 1. The standard InChI is InChI=1S/C11H12ClNO3S/c1-11(10(15)16)4-5-13(6-11)9(14)7-2-3-8(12)17-7/h2-3H,4-6H2,1H3,(H,15,16)/t11-/m1/s1. The molecule has 1 aromatic rings. The first-order chi connectivity index (χ1) is 7.92. The Morgan fingerprint density at radius 1 is 1.53 bits per heavy atom. The fourth-order valence-electron chi connectivity index (χ4n) is 1.89. The van der Waals surface area contributed by atoms with Gasteiger partial charge in [-0.15, -0.1) is 11.3 Å². The zero-order valence-corrected chi connectivity index (χ0v) is 10.8. The summed E-state index contributed by atoms with van der Waals surface area (Å²) in [5, 5.41) is 9.09. The summed E-state index contributed by atoms with van der Waals surface area (Å²) >= 11 is 6.99. The van der Waals surface area contributed by atoms with Gasteiger partial charge >= 0.3 is 5.97 Å². The minimum absolute atomic E-state index is 0.133. The van der Waals surface area contributed by atoms with Crippen molar-refractivity contribution in [2.24, 2.45) is 5.41 Å². The third-order valence-corrected chi connectivity index (χ3v) is 4.28. The minimum atomic E-state index is -0.850. The largest absolute Gasteiger partial charge is 0.481 e. The molecule has 0 bridgehead atoms. The molecule has 0 aromatic carbocycles. The minimum Gasteiger partial charge on any atom is -0.481 e. The Hall–Kier alpha value is -1.07. The van der Waals surface area contributed by atoms with Crippen molar-refractivity contribution in [3.63, 3.8) is 0 Å². The number of halogens is 1. The van der Waals surface area contributed by atoms with Gasteiger partial charge in [-0.25, -0.2) is 0 Å². The van der Waals surface area contributed by atoms with Crippen LogP contribution in [0.15, 0.2) is 12.1 Å². The maximum atomic E-state index is 12.1. The van der Waals surface area contributed by atoms with Crippen molar-refractivity contribution in [1.82, 2.24) is 4.90 Å². The van der Waals surface area contributed by atoms with Gasteiger partial charge in [-0.3, -0.25) is 9.59 Å². The zero-order chi connectivity index (χ0) is 12.6. The predicted octanol–water partition coefficient (Wildman–Crippen LogP) is 2.34. The molecule has 4 nitrogen and oxygen atoms in total. The van der Waals surface area contributed by atoms with E-state index in [9.17, 15) is 9.59 Å². The number of rotatable bonds is 2. The Morgan fingerprint density at radius 3 is 2.71 bits per heavy atom. The number of carbonyl (C=O) groups excluding carboxylic acids is 1. The average molecular weight is 274 g/mol. The van der Waals surface area contributed by atoms with Crippen molar-refractivity contribution in [2.45, 2.75) is 13.3 Å². The monoisotopic (exact) mass is 273 g/mol. The van der Waals surface area contributed by atoms with E-state index in [4.69, 9.17) is 16.7 Å². The van der Waals surface area contributed by atoms with Gasteiger partial charge in [0, 0.05) is 13.1 Å². The smallest absolute Gasteiger partial charge is 0.311 e. The lowest BCUT2D eigenvalue weighted by Gasteiger charge is -2.19. The molecule has 0 radical (unpaired) electrons. The van der Waals surface area contributed by atoms with Crippen LogP contribution >= 0.6 is 22.9 Å². The van der Waals surface area contributed by atoms with Crippen LogP contribution < -0.4 is 0 Å². The highest BCUT2D eigenvalue weighted by atomic mass is 35.5. The first-order valence-corrected chi connectivity index (χ1v) is 6.40. The Morgan fingerprint density at radius 2 is 2.24 bits per heavy atom. The average Bonchev–Trinajstić information content (AvgIpc) is 2.85. The van der Waals surface area contributed by atoms with Gasteiger partial charge in [-0.05, 0) is 25.5 Å². The van der Waals surface area contributed by atoms with Gasteiger partial charge in [0.1, 0.15) is 0 Å². The quantitative estimate of drug-likeness (QED) is 0.900. The van der Waals surface area contributed by atoms with Crippen LogP contribution in [-0.4, -0.2) is 35.0 Å². The fraction of sp³-hybridized carbons (Fsp3) is 0.455. The van der Waals surface area contributed by atoms with Crippen molar-refractivity contribution in [2.75, 3.05) is 13.1 Å². The molecule has 0 spiro atoms. The molecule has 0 unspecified atom stereocenters. The third-order valence-electron chi connectivity index (χ3n) is 3.06. The lowest BCUT2D eigenvalue weighted by atomic mass is 9.90. The number of carboxylic acids is 1. The van der Waals surface area contributed by atoms with E-state index < -0.39 is 11.4 Å². The van der Waals surface area contributed by atoms with Crippen LogP contribution in [0.5, 0.6) is 0 Å². The molecule has 2 heterocycles. The van der Waals surface area contributed by atoms with Gasteiger partial charge in [0.15, 0.2) is 0 Å². The van der Waals surface area contributed by atoms with Crippen LogP contribution in [0, 0.1) is 5.41 Å². The van der Waals surface area contributed by atoms with E-state index in [-0.39, 0.29) is 12.5 Å². The second-order valence-corrected chi connectivity index (χ2v) is 6.16. The molecule has 0 saturated carbocycles. The van der Waals surface area contributed by atoms with Crippen molar-refractivity contribution >= 4 is 34.8 Å². The molecule has 1 aliphatic heterocycles.